The Kier molecular flexibility index (Phi) is 2.68. The molecule has 1 saturated carbocycles. The molecule has 106 valence electrons. The van der Waals surface area contributed by atoms with Gasteiger partial charge in [-0.15, -0.1) is 0 Å². The lowest BCUT2D eigenvalue weighted by Gasteiger charge is -2.38. The molecule has 3 unspecified atom stereocenters. The number of rotatable bonds is 1. The number of hydrogen-bond acceptors (Lipinski definition) is 2. The molecule has 0 radical (unpaired) electrons. The van der Waals surface area contributed by atoms with Gasteiger partial charge in [-0.05, 0) is 48.6 Å². The minimum atomic E-state index is -0.0992. The minimum absolute atomic E-state index is 0.0225. The highest BCUT2D eigenvalue weighted by Gasteiger charge is 2.59. The van der Waals surface area contributed by atoms with E-state index < -0.39 is 0 Å². The summed E-state index contributed by atoms with van der Waals surface area (Å²) in [5, 5.41) is 3.47. The lowest BCUT2D eigenvalue weighted by Crippen LogP contribution is -2.45. The molecule has 3 atom stereocenters. The number of nitrogens with two attached hydrogens (primary N) is 1. The van der Waals surface area contributed by atoms with Gasteiger partial charge in [-0.25, -0.2) is 0 Å². The van der Waals surface area contributed by atoms with E-state index in [4.69, 9.17) is 5.73 Å². The van der Waals surface area contributed by atoms with Gasteiger partial charge in [0.05, 0.1) is 5.92 Å². The van der Waals surface area contributed by atoms with Crippen LogP contribution in [0.5, 0.6) is 0 Å². The van der Waals surface area contributed by atoms with Gasteiger partial charge < -0.3 is 11.1 Å². The fraction of sp³-hybridized carbons (Fsp3) is 0.588. The number of benzene rings is 1. The fourth-order valence-electron chi connectivity index (χ4n) is 5.31. The number of primary amides is 1. The van der Waals surface area contributed by atoms with Crippen molar-refractivity contribution in [3.05, 3.63) is 35.4 Å². The molecule has 1 amide bonds. The molecule has 4 rings (SSSR count). The standard InChI is InChI=1S/C17H22N2O/c18-16(20)15-9-19-10-17(15)13-5-6-14(17)8-12-4-2-1-3-11(12)7-13/h1-4,13-15,19H,5-10H2,(H2,18,20). The summed E-state index contributed by atoms with van der Waals surface area (Å²) < 4.78 is 0. The minimum Gasteiger partial charge on any atom is -0.369 e. The molecule has 2 fully saturated rings. The van der Waals surface area contributed by atoms with Crippen LogP contribution in [0.1, 0.15) is 24.0 Å². The van der Waals surface area contributed by atoms with E-state index in [9.17, 15) is 4.79 Å². The zero-order valence-corrected chi connectivity index (χ0v) is 11.8. The Balaban J connectivity index is 1.79. The van der Waals surface area contributed by atoms with E-state index in [1.807, 2.05) is 0 Å². The van der Waals surface area contributed by atoms with Gasteiger partial charge in [-0.1, -0.05) is 24.3 Å². The molecule has 3 nitrogen and oxygen atoms in total. The highest BCUT2D eigenvalue weighted by atomic mass is 16.1. The van der Waals surface area contributed by atoms with Crippen LogP contribution >= 0.6 is 0 Å². The maximum atomic E-state index is 12.0. The van der Waals surface area contributed by atoms with Gasteiger partial charge in [0.15, 0.2) is 0 Å². The summed E-state index contributed by atoms with van der Waals surface area (Å²) in [6.07, 6.45) is 4.76. The predicted molar refractivity (Wildman–Crippen MR) is 78.1 cm³/mol. The summed E-state index contributed by atoms with van der Waals surface area (Å²) in [4.78, 5) is 12.0. The van der Waals surface area contributed by atoms with Crippen LogP contribution in [-0.2, 0) is 17.6 Å². The Bertz CT molecular complexity index is 521. The first kappa shape index (κ1) is 12.4. The number of nitrogens with one attached hydrogen (secondary N) is 1. The summed E-state index contributed by atoms with van der Waals surface area (Å²) in [6, 6.07) is 8.82. The molecule has 1 aromatic rings. The summed E-state index contributed by atoms with van der Waals surface area (Å²) >= 11 is 0. The smallest absolute Gasteiger partial charge is 0.222 e. The van der Waals surface area contributed by atoms with Crippen molar-refractivity contribution in [2.24, 2.45) is 28.9 Å². The third-order valence-corrected chi connectivity index (χ3v) is 6.21. The summed E-state index contributed by atoms with van der Waals surface area (Å²) in [7, 11) is 0. The summed E-state index contributed by atoms with van der Waals surface area (Å²) in [5.74, 6) is 1.15. The molecule has 1 aromatic carbocycles. The van der Waals surface area contributed by atoms with Gasteiger partial charge in [0.25, 0.3) is 0 Å². The van der Waals surface area contributed by atoms with Gasteiger partial charge in [-0.3, -0.25) is 4.79 Å². The number of carbonyl (C=O) groups is 1. The Labute approximate surface area is 119 Å². The van der Waals surface area contributed by atoms with E-state index in [1.54, 1.807) is 0 Å². The van der Waals surface area contributed by atoms with Crippen molar-refractivity contribution in [1.29, 1.82) is 0 Å². The van der Waals surface area contributed by atoms with Crippen LogP contribution in [0.4, 0.5) is 0 Å². The third-order valence-electron chi connectivity index (χ3n) is 6.21. The highest BCUT2D eigenvalue weighted by Crippen LogP contribution is 2.58. The molecule has 1 heterocycles. The van der Waals surface area contributed by atoms with Gasteiger partial charge in [0.2, 0.25) is 5.91 Å². The van der Waals surface area contributed by atoms with E-state index in [0.29, 0.717) is 11.8 Å². The van der Waals surface area contributed by atoms with Gasteiger partial charge >= 0.3 is 0 Å². The Morgan fingerprint density at radius 3 is 2.30 bits per heavy atom. The number of hydrogen-bond donors (Lipinski definition) is 2. The fourth-order valence-corrected chi connectivity index (χ4v) is 5.31. The van der Waals surface area contributed by atoms with Crippen LogP contribution in [0.2, 0.25) is 0 Å². The van der Waals surface area contributed by atoms with Crippen LogP contribution in [0, 0.1) is 23.2 Å². The highest BCUT2D eigenvalue weighted by molar-refractivity contribution is 5.78. The Morgan fingerprint density at radius 2 is 1.75 bits per heavy atom. The van der Waals surface area contributed by atoms with Crippen molar-refractivity contribution < 1.29 is 4.79 Å². The van der Waals surface area contributed by atoms with Crippen LogP contribution in [0.3, 0.4) is 0 Å². The summed E-state index contributed by atoms with van der Waals surface area (Å²) in [6.45, 7) is 1.75. The maximum absolute atomic E-state index is 12.0. The molecule has 20 heavy (non-hydrogen) atoms. The van der Waals surface area contributed by atoms with Crippen molar-refractivity contribution in [3.63, 3.8) is 0 Å². The predicted octanol–water partition coefficient (Wildman–Crippen LogP) is 1.50. The molecule has 2 bridgehead atoms. The van der Waals surface area contributed by atoms with Crippen molar-refractivity contribution in [2.75, 3.05) is 13.1 Å². The molecule has 3 aliphatic rings. The van der Waals surface area contributed by atoms with Crippen molar-refractivity contribution in [1.82, 2.24) is 5.32 Å². The van der Waals surface area contributed by atoms with E-state index in [-0.39, 0.29) is 17.2 Å². The van der Waals surface area contributed by atoms with E-state index in [0.717, 1.165) is 25.9 Å². The number of amides is 1. The Hall–Kier alpha value is -1.35. The van der Waals surface area contributed by atoms with Crippen LogP contribution in [-0.4, -0.2) is 19.0 Å². The second-order valence-electron chi connectivity index (χ2n) is 6.85. The zero-order chi connectivity index (χ0) is 13.7. The molecular formula is C17H22N2O. The second-order valence-corrected chi connectivity index (χ2v) is 6.85. The SMILES string of the molecule is NC(=O)C1CNCC12C1CCC2Cc2ccccc2C1. The van der Waals surface area contributed by atoms with Gasteiger partial charge in [-0.2, -0.15) is 0 Å². The van der Waals surface area contributed by atoms with Gasteiger partial charge in [0, 0.05) is 18.5 Å². The number of fused-ring (bicyclic) bond motifs is 1. The molecular weight excluding hydrogens is 248 g/mol. The average Bonchev–Trinajstić information content (AvgIpc) is 2.94. The zero-order valence-electron chi connectivity index (χ0n) is 11.8. The average molecular weight is 270 g/mol. The van der Waals surface area contributed by atoms with Crippen LogP contribution in [0.15, 0.2) is 24.3 Å². The van der Waals surface area contributed by atoms with Crippen molar-refractivity contribution >= 4 is 5.91 Å². The summed E-state index contributed by atoms with van der Waals surface area (Å²) in [5.41, 5.74) is 8.84. The monoisotopic (exact) mass is 270 g/mol. The lowest BCUT2D eigenvalue weighted by molar-refractivity contribution is -0.126. The molecule has 0 aromatic heterocycles. The lowest BCUT2D eigenvalue weighted by atomic mass is 9.64. The maximum Gasteiger partial charge on any atom is 0.222 e. The van der Waals surface area contributed by atoms with Crippen LogP contribution in [0.25, 0.3) is 0 Å². The largest absolute Gasteiger partial charge is 0.369 e. The molecule has 3 heteroatoms. The van der Waals surface area contributed by atoms with E-state index in [1.165, 1.54) is 24.0 Å². The topological polar surface area (TPSA) is 55.1 Å². The van der Waals surface area contributed by atoms with E-state index >= 15 is 0 Å². The third kappa shape index (κ3) is 1.53. The molecule has 1 spiro atoms. The second kappa shape index (κ2) is 4.32. The first-order chi connectivity index (χ1) is 9.72. The van der Waals surface area contributed by atoms with E-state index in [2.05, 4.69) is 29.6 Å². The normalized spacial score (nSPS) is 38.7. The molecule has 1 saturated heterocycles. The van der Waals surface area contributed by atoms with Crippen molar-refractivity contribution in [2.45, 2.75) is 25.7 Å². The number of carbonyl (C=O) groups excluding carboxylic acids is 1. The first-order valence-electron chi connectivity index (χ1n) is 7.78. The quantitative estimate of drug-likeness (QED) is 0.812. The van der Waals surface area contributed by atoms with Crippen LogP contribution < -0.4 is 11.1 Å². The van der Waals surface area contributed by atoms with Gasteiger partial charge in [0.1, 0.15) is 0 Å². The molecule has 2 aliphatic carbocycles. The first-order valence-corrected chi connectivity index (χ1v) is 7.78. The van der Waals surface area contributed by atoms with Crippen molar-refractivity contribution in [3.8, 4) is 0 Å². The Morgan fingerprint density at radius 1 is 1.15 bits per heavy atom. The molecule has 1 aliphatic heterocycles. The molecule has 3 N–H and O–H groups in total.